The number of aliphatic hydroxyl groups is 5. The van der Waals surface area contributed by atoms with Crippen LogP contribution < -0.4 is 0 Å². The van der Waals surface area contributed by atoms with E-state index in [1.54, 1.807) is 6.08 Å². The lowest BCUT2D eigenvalue weighted by molar-refractivity contribution is -0.342. The third-order valence-corrected chi connectivity index (χ3v) is 5.06. The highest BCUT2D eigenvalue weighted by atomic mass is 16.8. The van der Waals surface area contributed by atoms with E-state index in [0.29, 0.717) is 0 Å². The van der Waals surface area contributed by atoms with Gasteiger partial charge >= 0.3 is 0 Å². The summed E-state index contributed by atoms with van der Waals surface area (Å²) in [5, 5.41) is 48.9. The summed E-state index contributed by atoms with van der Waals surface area (Å²) in [6, 6.07) is 0. The van der Waals surface area contributed by atoms with Gasteiger partial charge in [0, 0.05) is 5.92 Å². The number of rotatable bonds is 3. The van der Waals surface area contributed by atoms with Crippen molar-refractivity contribution in [2.75, 3.05) is 6.61 Å². The maximum atomic E-state index is 10.1. The van der Waals surface area contributed by atoms with Gasteiger partial charge in [0.05, 0.1) is 31.0 Å². The Labute approximate surface area is 131 Å². The molecular weight excluding hydrogens is 312 g/mol. The van der Waals surface area contributed by atoms with Gasteiger partial charge in [0.15, 0.2) is 6.29 Å². The topological polar surface area (TPSA) is 141 Å². The first-order valence-corrected chi connectivity index (χ1v) is 7.64. The molecule has 0 aromatic heterocycles. The molecule has 130 valence electrons. The van der Waals surface area contributed by atoms with Crippen molar-refractivity contribution in [1.82, 2.24) is 0 Å². The fourth-order valence-electron chi connectivity index (χ4n) is 3.70. The quantitative estimate of drug-likeness (QED) is 0.343. The Balaban J connectivity index is 1.48. The minimum absolute atomic E-state index is 0.178. The van der Waals surface area contributed by atoms with Gasteiger partial charge in [-0.25, -0.2) is 0 Å². The number of ether oxygens (including phenoxy) is 4. The van der Waals surface area contributed by atoms with E-state index < -0.39 is 49.7 Å². The van der Waals surface area contributed by atoms with Gasteiger partial charge in [-0.05, 0) is 6.08 Å². The first kappa shape index (κ1) is 15.7. The second-order valence-corrected chi connectivity index (χ2v) is 6.38. The predicted molar refractivity (Wildman–Crippen MR) is 70.5 cm³/mol. The minimum atomic E-state index is -1.51. The Morgan fingerprint density at radius 2 is 1.65 bits per heavy atom. The largest absolute Gasteiger partial charge is 0.472 e. The van der Waals surface area contributed by atoms with Gasteiger partial charge in [-0.2, -0.15) is 0 Å². The van der Waals surface area contributed by atoms with E-state index in [1.165, 1.54) is 6.26 Å². The lowest BCUT2D eigenvalue weighted by Crippen LogP contribution is -2.60. The first-order chi connectivity index (χ1) is 11.0. The van der Waals surface area contributed by atoms with Crippen molar-refractivity contribution >= 4 is 0 Å². The molecule has 23 heavy (non-hydrogen) atoms. The van der Waals surface area contributed by atoms with Gasteiger partial charge in [-0.1, -0.05) is 0 Å². The molecule has 9 heteroatoms. The van der Waals surface area contributed by atoms with Crippen LogP contribution in [0.15, 0.2) is 12.3 Å². The van der Waals surface area contributed by atoms with Crippen LogP contribution in [-0.2, 0) is 18.9 Å². The van der Waals surface area contributed by atoms with Crippen LogP contribution in [0.4, 0.5) is 0 Å². The molecule has 11 atom stereocenters. The zero-order valence-electron chi connectivity index (χ0n) is 12.1. The Morgan fingerprint density at radius 3 is 2.39 bits per heavy atom. The van der Waals surface area contributed by atoms with E-state index in [2.05, 4.69) is 0 Å². The van der Waals surface area contributed by atoms with E-state index in [9.17, 15) is 25.5 Å². The van der Waals surface area contributed by atoms with E-state index in [0.717, 1.165) is 0 Å². The maximum absolute atomic E-state index is 10.1. The van der Waals surface area contributed by atoms with E-state index in [1.807, 2.05) is 0 Å². The van der Waals surface area contributed by atoms with E-state index in [4.69, 9.17) is 18.9 Å². The summed E-state index contributed by atoms with van der Waals surface area (Å²) in [6.45, 7) is -0.533. The smallest absolute Gasteiger partial charge is 0.207 e. The van der Waals surface area contributed by atoms with Gasteiger partial charge in [-0.3, -0.25) is 0 Å². The molecule has 0 aromatic carbocycles. The number of hydrogen-bond acceptors (Lipinski definition) is 9. The van der Waals surface area contributed by atoms with Crippen LogP contribution in [0, 0.1) is 11.8 Å². The van der Waals surface area contributed by atoms with Crippen LogP contribution in [0.1, 0.15) is 0 Å². The Kier molecular flexibility index (Phi) is 3.86. The van der Waals surface area contributed by atoms with Crippen LogP contribution in [0.5, 0.6) is 0 Å². The molecule has 3 aliphatic heterocycles. The summed E-state index contributed by atoms with van der Waals surface area (Å²) in [5.74, 6) is -0.435. The summed E-state index contributed by atoms with van der Waals surface area (Å²) in [4.78, 5) is 0. The third-order valence-electron chi connectivity index (χ3n) is 5.06. The van der Waals surface area contributed by atoms with Gasteiger partial charge < -0.3 is 44.5 Å². The molecule has 0 spiro atoms. The zero-order valence-corrected chi connectivity index (χ0v) is 12.1. The molecular formula is C14H20O9. The number of epoxide rings is 1. The highest BCUT2D eigenvalue weighted by Crippen LogP contribution is 2.51. The average molecular weight is 332 g/mol. The summed E-state index contributed by atoms with van der Waals surface area (Å²) >= 11 is 0. The standard InChI is InChI=1S/C14H20O9/c15-3-5-8(17)9(18)10(19)14(21-5)23-13-6-4(1-2-20-13)7(16)12-11(6)22-12/h1-2,4-19H,3H2. The Bertz CT molecular complexity index is 483. The monoisotopic (exact) mass is 332 g/mol. The van der Waals surface area contributed by atoms with Crippen LogP contribution >= 0.6 is 0 Å². The van der Waals surface area contributed by atoms with Crippen molar-refractivity contribution in [3.63, 3.8) is 0 Å². The molecule has 1 aliphatic carbocycles. The fourth-order valence-corrected chi connectivity index (χ4v) is 3.70. The molecule has 2 saturated heterocycles. The molecule has 11 unspecified atom stereocenters. The molecule has 0 aromatic rings. The second-order valence-electron chi connectivity index (χ2n) is 6.38. The van der Waals surface area contributed by atoms with Crippen LogP contribution in [-0.4, -0.2) is 87.4 Å². The molecule has 0 amide bonds. The van der Waals surface area contributed by atoms with Gasteiger partial charge in [0.1, 0.15) is 30.5 Å². The van der Waals surface area contributed by atoms with Crippen LogP contribution in [0.3, 0.4) is 0 Å². The lowest BCUT2D eigenvalue weighted by Gasteiger charge is -2.42. The summed E-state index contributed by atoms with van der Waals surface area (Å²) < 4.78 is 21.8. The maximum Gasteiger partial charge on any atom is 0.207 e. The zero-order chi connectivity index (χ0) is 16.3. The van der Waals surface area contributed by atoms with Gasteiger partial charge in [0.25, 0.3) is 0 Å². The number of hydrogen-bond donors (Lipinski definition) is 5. The van der Waals surface area contributed by atoms with E-state index >= 15 is 0 Å². The summed E-state index contributed by atoms with van der Waals surface area (Å²) in [7, 11) is 0. The Morgan fingerprint density at radius 1 is 0.870 bits per heavy atom. The molecule has 4 aliphatic rings. The molecule has 5 N–H and O–H groups in total. The van der Waals surface area contributed by atoms with Gasteiger partial charge in [0.2, 0.25) is 6.29 Å². The molecule has 0 bridgehead atoms. The normalized spacial score (nSPS) is 57.5. The summed E-state index contributed by atoms with van der Waals surface area (Å²) in [6.07, 6.45) is -5.51. The second kappa shape index (κ2) is 5.64. The van der Waals surface area contributed by atoms with Crippen LogP contribution in [0.25, 0.3) is 0 Å². The number of aliphatic hydroxyl groups excluding tert-OH is 5. The molecule has 0 radical (unpaired) electrons. The van der Waals surface area contributed by atoms with Gasteiger partial charge in [-0.15, -0.1) is 0 Å². The van der Waals surface area contributed by atoms with Crippen molar-refractivity contribution in [3.8, 4) is 0 Å². The molecule has 1 saturated carbocycles. The Hall–Kier alpha value is -0.780. The number of fused-ring (bicyclic) bond motifs is 3. The van der Waals surface area contributed by atoms with E-state index in [-0.39, 0.29) is 24.0 Å². The predicted octanol–water partition coefficient (Wildman–Crippen LogP) is -2.95. The highest BCUT2D eigenvalue weighted by molar-refractivity contribution is 5.16. The van der Waals surface area contributed by atoms with Crippen molar-refractivity contribution in [1.29, 1.82) is 0 Å². The SMILES string of the molecule is OCC1OC(OC2OC=CC3C(O)C4OC4C23)C(O)C(O)C1O. The molecule has 3 heterocycles. The molecule has 3 fully saturated rings. The third kappa shape index (κ3) is 2.39. The summed E-state index contributed by atoms with van der Waals surface area (Å²) in [5.41, 5.74) is 0. The van der Waals surface area contributed by atoms with Crippen molar-refractivity contribution in [2.24, 2.45) is 11.8 Å². The minimum Gasteiger partial charge on any atom is -0.472 e. The fraction of sp³-hybridized carbons (Fsp3) is 0.857. The van der Waals surface area contributed by atoms with Crippen molar-refractivity contribution in [2.45, 2.75) is 55.3 Å². The average Bonchev–Trinajstić information content (AvgIpc) is 3.29. The first-order valence-electron chi connectivity index (χ1n) is 7.64. The molecule has 9 nitrogen and oxygen atoms in total. The highest BCUT2D eigenvalue weighted by Gasteiger charge is 2.65. The lowest BCUT2D eigenvalue weighted by atomic mass is 9.91. The van der Waals surface area contributed by atoms with Crippen molar-refractivity contribution < 1.29 is 44.5 Å². The van der Waals surface area contributed by atoms with Crippen LogP contribution in [0.2, 0.25) is 0 Å². The molecule has 4 rings (SSSR count). The van der Waals surface area contributed by atoms with Crippen molar-refractivity contribution in [3.05, 3.63) is 12.3 Å².